The van der Waals surface area contributed by atoms with E-state index < -0.39 is 0 Å². The average molecular weight is 225 g/mol. The summed E-state index contributed by atoms with van der Waals surface area (Å²) >= 11 is 0. The van der Waals surface area contributed by atoms with Crippen LogP contribution in [0.4, 0.5) is 8.78 Å². The molecular formula is C13H17F2N. The second-order valence-corrected chi connectivity index (χ2v) is 4.38. The van der Waals surface area contributed by atoms with Crippen LogP contribution in [0.15, 0.2) is 6.07 Å². The summed E-state index contributed by atoms with van der Waals surface area (Å²) in [5.74, 6) is -0.487. The highest BCUT2D eigenvalue weighted by Gasteiger charge is 2.26. The van der Waals surface area contributed by atoms with Gasteiger partial charge in [0.1, 0.15) is 11.6 Å². The number of aryl methyl sites for hydroxylation is 1. The zero-order chi connectivity index (χ0) is 11.7. The third-order valence-corrected chi connectivity index (χ3v) is 3.26. The Hall–Kier alpha value is -0.960. The number of rotatable bonds is 2. The number of halogens is 2. The summed E-state index contributed by atoms with van der Waals surface area (Å²) in [7, 11) is 0. The molecule has 0 fully saturated rings. The van der Waals surface area contributed by atoms with Crippen LogP contribution in [0.5, 0.6) is 0 Å². The molecule has 1 atom stereocenters. The number of hydrogen-bond acceptors (Lipinski definition) is 1. The Balaban J connectivity index is 2.53. The summed E-state index contributed by atoms with van der Waals surface area (Å²) in [5, 5.41) is 3.23. The molecule has 88 valence electrons. The minimum absolute atomic E-state index is 0.0249. The molecule has 1 aromatic rings. The zero-order valence-corrected chi connectivity index (χ0v) is 9.74. The van der Waals surface area contributed by atoms with Gasteiger partial charge >= 0.3 is 0 Å². The molecule has 2 rings (SSSR count). The molecule has 0 spiro atoms. The summed E-state index contributed by atoms with van der Waals surface area (Å²) < 4.78 is 27.8. The molecule has 1 aromatic carbocycles. The van der Waals surface area contributed by atoms with Crippen molar-refractivity contribution >= 4 is 0 Å². The highest BCUT2D eigenvalue weighted by Crippen LogP contribution is 2.34. The van der Waals surface area contributed by atoms with E-state index in [2.05, 4.69) is 5.32 Å². The molecule has 0 aliphatic heterocycles. The standard InChI is InChI=1S/C13H17F2N/c1-3-16-11-6-4-5-9-10(14)7-8(2)13(15)12(9)11/h7,11,16H,3-6H2,1-2H3. The quantitative estimate of drug-likeness (QED) is 0.814. The van der Waals surface area contributed by atoms with Gasteiger partial charge in [0, 0.05) is 11.6 Å². The Morgan fingerprint density at radius 3 is 2.88 bits per heavy atom. The van der Waals surface area contributed by atoms with Crippen LogP contribution in [0.3, 0.4) is 0 Å². The van der Waals surface area contributed by atoms with Gasteiger partial charge in [-0.25, -0.2) is 8.78 Å². The SMILES string of the molecule is CCNC1CCCc2c(F)cc(C)c(F)c21. The van der Waals surface area contributed by atoms with E-state index in [4.69, 9.17) is 0 Å². The highest BCUT2D eigenvalue weighted by molar-refractivity contribution is 5.38. The lowest BCUT2D eigenvalue weighted by molar-refractivity contribution is 0.431. The lowest BCUT2D eigenvalue weighted by Gasteiger charge is -2.27. The summed E-state index contributed by atoms with van der Waals surface area (Å²) in [6.07, 6.45) is 2.46. The maximum absolute atomic E-state index is 14.0. The summed E-state index contributed by atoms with van der Waals surface area (Å²) in [6, 6.07) is 1.28. The van der Waals surface area contributed by atoms with Gasteiger partial charge in [-0.1, -0.05) is 6.92 Å². The fraction of sp³-hybridized carbons (Fsp3) is 0.538. The number of hydrogen-bond donors (Lipinski definition) is 1. The van der Waals surface area contributed by atoms with Gasteiger partial charge in [0.2, 0.25) is 0 Å². The number of fused-ring (bicyclic) bond motifs is 1. The third kappa shape index (κ3) is 1.84. The Labute approximate surface area is 94.9 Å². The van der Waals surface area contributed by atoms with Crippen molar-refractivity contribution in [3.05, 3.63) is 34.4 Å². The monoisotopic (exact) mass is 225 g/mol. The fourth-order valence-electron chi connectivity index (χ4n) is 2.51. The van der Waals surface area contributed by atoms with Crippen molar-refractivity contribution in [3.8, 4) is 0 Å². The average Bonchev–Trinajstić information content (AvgIpc) is 2.26. The molecule has 0 heterocycles. The number of nitrogens with one attached hydrogen (secondary N) is 1. The van der Waals surface area contributed by atoms with Crippen molar-refractivity contribution in [1.82, 2.24) is 5.32 Å². The van der Waals surface area contributed by atoms with Gasteiger partial charge in [0.25, 0.3) is 0 Å². The van der Waals surface area contributed by atoms with E-state index in [1.165, 1.54) is 6.07 Å². The highest BCUT2D eigenvalue weighted by atomic mass is 19.1. The molecule has 1 aliphatic rings. The molecule has 0 amide bonds. The zero-order valence-electron chi connectivity index (χ0n) is 9.74. The van der Waals surface area contributed by atoms with Gasteiger partial charge in [-0.2, -0.15) is 0 Å². The first-order valence-electron chi connectivity index (χ1n) is 5.86. The van der Waals surface area contributed by atoms with Crippen LogP contribution in [0, 0.1) is 18.6 Å². The molecule has 0 radical (unpaired) electrons. The van der Waals surface area contributed by atoms with Crippen LogP contribution in [0.2, 0.25) is 0 Å². The van der Waals surface area contributed by atoms with E-state index >= 15 is 0 Å². The van der Waals surface area contributed by atoms with E-state index in [0.29, 0.717) is 23.1 Å². The van der Waals surface area contributed by atoms with Crippen LogP contribution < -0.4 is 5.32 Å². The smallest absolute Gasteiger partial charge is 0.131 e. The first-order valence-corrected chi connectivity index (χ1v) is 5.86. The largest absolute Gasteiger partial charge is 0.310 e. The summed E-state index contributed by atoms with van der Waals surface area (Å²) in [4.78, 5) is 0. The van der Waals surface area contributed by atoms with Crippen molar-refractivity contribution in [2.75, 3.05) is 6.54 Å². The molecule has 1 aliphatic carbocycles. The topological polar surface area (TPSA) is 12.0 Å². The van der Waals surface area contributed by atoms with Gasteiger partial charge in [0.15, 0.2) is 0 Å². The maximum Gasteiger partial charge on any atom is 0.131 e. The van der Waals surface area contributed by atoms with Gasteiger partial charge < -0.3 is 5.32 Å². The minimum Gasteiger partial charge on any atom is -0.310 e. The summed E-state index contributed by atoms with van der Waals surface area (Å²) in [5.41, 5.74) is 1.53. The van der Waals surface area contributed by atoms with E-state index in [1.807, 2.05) is 6.92 Å². The van der Waals surface area contributed by atoms with Crippen LogP contribution >= 0.6 is 0 Å². The molecule has 1 nitrogen and oxygen atoms in total. The normalized spacial score (nSPS) is 19.6. The summed E-state index contributed by atoms with van der Waals surface area (Å²) in [6.45, 7) is 4.38. The molecular weight excluding hydrogens is 208 g/mol. The van der Waals surface area contributed by atoms with Crippen molar-refractivity contribution in [1.29, 1.82) is 0 Å². The van der Waals surface area contributed by atoms with Crippen LogP contribution in [-0.4, -0.2) is 6.54 Å². The molecule has 0 saturated heterocycles. The van der Waals surface area contributed by atoms with Crippen molar-refractivity contribution in [2.45, 2.75) is 39.2 Å². The number of benzene rings is 1. The molecule has 3 heteroatoms. The first-order chi connectivity index (χ1) is 7.65. The van der Waals surface area contributed by atoms with Gasteiger partial charge in [0.05, 0.1) is 0 Å². The predicted octanol–water partition coefficient (Wildman–Crippen LogP) is 3.26. The van der Waals surface area contributed by atoms with Crippen molar-refractivity contribution in [2.24, 2.45) is 0 Å². The maximum atomic E-state index is 14.0. The molecule has 16 heavy (non-hydrogen) atoms. The lowest BCUT2D eigenvalue weighted by atomic mass is 9.85. The molecule has 1 N–H and O–H groups in total. The van der Waals surface area contributed by atoms with E-state index in [9.17, 15) is 8.78 Å². The second kappa shape index (κ2) is 4.50. The van der Waals surface area contributed by atoms with Gasteiger partial charge in [-0.3, -0.25) is 0 Å². The van der Waals surface area contributed by atoms with Crippen LogP contribution in [-0.2, 0) is 6.42 Å². The lowest BCUT2D eigenvalue weighted by Crippen LogP contribution is -2.27. The molecule has 0 saturated carbocycles. The Morgan fingerprint density at radius 1 is 1.44 bits per heavy atom. The Kier molecular flexibility index (Phi) is 3.24. The first kappa shape index (κ1) is 11.5. The van der Waals surface area contributed by atoms with Gasteiger partial charge in [-0.05, 0) is 49.9 Å². The molecule has 1 unspecified atom stereocenters. The third-order valence-electron chi connectivity index (χ3n) is 3.26. The van der Waals surface area contributed by atoms with Crippen molar-refractivity contribution in [3.63, 3.8) is 0 Å². The fourth-order valence-corrected chi connectivity index (χ4v) is 2.51. The van der Waals surface area contributed by atoms with E-state index in [-0.39, 0.29) is 17.7 Å². The minimum atomic E-state index is -0.253. The molecule has 0 aromatic heterocycles. The second-order valence-electron chi connectivity index (χ2n) is 4.38. The van der Waals surface area contributed by atoms with Gasteiger partial charge in [-0.15, -0.1) is 0 Å². The van der Waals surface area contributed by atoms with Crippen molar-refractivity contribution < 1.29 is 8.78 Å². The van der Waals surface area contributed by atoms with E-state index in [1.54, 1.807) is 6.92 Å². The van der Waals surface area contributed by atoms with Crippen LogP contribution in [0.25, 0.3) is 0 Å². The predicted molar refractivity (Wildman–Crippen MR) is 60.5 cm³/mol. The Morgan fingerprint density at radius 2 is 2.19 bits per heavy atom. The van der Waals surface area contributed by atoms with Crippen LogP contribution in [0.1, 0.15) is 42.5 Å². The molecule has 0 bridgehead atoms. The van der Waals surface area contributed by atoms with E-state index in [0.717, 1.165) is 19.4 Å². The Bertz CT molecular complexity index is 401.